The smallest absolute Gasteiger partial charge is 0.241 e. The second-order valence-corrected chi connectivity index (χ2v) is 5.91. The predicted molar refractivity (Wildman–Crippen MR) is 69.4 cm³/mol. The number of sulfonamides is 1. The third kappa shape index (κ3) is 3.52. The topological polar surface area (TPSA) is 72.2 Å². The van der Waals surface area contributed by atoms with E-state index in [4.69, 9.17) is 5.73 Å². The van der Waals surface area contributed by atoms with Crippen molar-refractivity contribution in [1.82, 2.24) is 4.72 Å². The summed E-state index contributed by atoms with van der Waals surface area (Å²) in [6.45, 7) is 5.87. The molecule has 5 heteroatoms. The van der Waals surface area contributed by atoms with E-state index in [1.54, 1.807) is 13.0 Å². The van der Waals surface area contributed by atoms with Crippen LogP contribution >= 0.6 is 0 Å². The van der Waals surface area contributed by atoms with Crippen LogP contribution in [-0.2, 0) is 10.0 Å². The Labute approximate surface area is 103 Å². The molecule has 0 radical (unpaired) electrons. The molecule has 0 aliphatic rings. The summed E-state index contributed by atoms with van der Waals surface area (Å²) in [5.74, 6) is 0. The standard InChI is InChI=1S/C12H20N2O2S/c1-4-11(8-13)14-17(15,16)12-7-9(2)5-6-10(12)3/h5-7,11,14H,4,8,13H2,1-3H3. The maximum atomic E-state index is 12.2. The van der Waals surface area contributed by atoms with Gasteiger partial charge in [-0.15, -0.1) is 0 Å². The van der Waals surface area contributed by atoms with E-state index in [0.29, 0.717) is 17.9 Å². The van der Waals surface area contributed by atoms with E-state index in [2.05, 4.69) is 4.72 Å². The zero-order valence-electron chi connectivity index (χ0n) is 10.5. The van der Waals surface area contributed by atoms with Crippen LogP contribution in [0.2, 0.25) is 0 Å². The number of nitrogens with two attached hydrogens (primary N) is 1. The van der Waals surface area contributed by atoms with Crippen molar-refractivity contribution >= 4 is 10.0 Å². The molecule has 1 aromatic carbocycles. The van der Waals surface area contributed by atoms with Crippen LogP contribution in [0.5, 0.6) is 0 Å². The molecule has 0 heterocycles. The van der Waals surface area contributed by atoms with Gasteiger partial charge >= 0.3 is 0 Å². The van der Waals surface area contributed by atoms with Gasteiger partial charge in [-0.3, -0.25) is 0 Å². The summed E-state index contributed by atoms with van der Waals surface area (Å²) in [4.78, 5) is 0.337. The lowest BCUT2D eigenvalue weighted by molar-refractivity contribution is 0.542. The van der Waals surface area contributed by atoms with E-state index in [1.165, 1.54) is 0 Å². The van der Waals surface area contributed by atoms with Crippen LogP contribution in [0.3, 0.4) is 0 Å². The molecule has 0 aliphatic carbocycles. The lowest BCUT2D eigenvalue weighted by Gasteiger charge is -2.16. The fourth-order valence-corrected chi connectivity index (χ4v) is 3.24. The zero-order chi connectivity index (χ0) is 13.1. The number of rotatable bonds is 5. The van der Waals surface area contributed by atoms with Gasteiger partial charge in [-0.05, 0) is 37.5 Å². The van der Waals surface area contributed by atoms with Crippen LogP contribution in [0.15, 0.2) is 23.1 Å². The van der Waals surface area contributed by atoms with Gasteiger partial charge in [0.1, 0.15) is 0 Å². The Morgan fingerprint density at radius 3 is 2.53 bits per heavy atom. The third-order valence-electron chi connectivity index (χ3n) is 2.73. The molecule has 4 nitrogen and oxygen atoms in total. The van der Waals surface area contributed by atoms with Crippen molar-refractivity contribution in [3.63, 3.8) is 0 Å². The fraction of sp³-hybridized carbons (Fsp3) is 0.500. The Morgan fingerprint density at radius 2 is 2.00 bits per heavy atom. The second kappa shape index (κ2) is 5.62. The van der Waals surface area contributed by atoms with E-state index in [1.807, 2.05) is 26.0 Å². The van der Waals surface area contributed by atoms with Crippen LogP contribution in [0.1, 0.15) is 24.5 Å². The van der Waals surface area contributed by atoms with Crippen molar-refractivity contribution in [3.05, 3.63) is 29.3 Å². The third-order valence-corrected chi connectivity index (χ3v) is 4.39. The number of benzene rings is 1. The minimum atomic E-state index is -3.47. The molecule has 0 aliphatic heterocycles. The van der Waals surface area contributed by atoms with Crippen molar-refractivity contribution in [1.29, 1.82) is 0 Å². The van der Waals surface area contributed by atoms with E-state index in [9.17, 15) is 8.42 Å². The van der Waals surface area contributed by atoms with Gasteiger partial charge in [0.05, 0.1) is 4.90 Å². The van der Waals surface area contributed by atoms with Gasteiger partial charge in [0.2, 0.25) is 10.0 Å². The molecule has 0 saturated carbocycles. The second-order valence-electron chi connectivity index (χ2n) is 4.23. The fourth-order valence-electron chi connectivity index (χ4n) is 1.58. The maximum absolute atomic E-state index is 12.2. The Morgan fingerprint density at radius 1 is 1.35 bits per heavy atom. The summed E-state index contributed by atoms with van der Waals surface area (Å²) < 4.78 is 27.0. The number of hydrogen-bond acceptors (Lipinski definition) is 3. The van der Waals surface area contributed by atoms with Crippen molar-refractivity contribution < 1.29 is 8.42 Å². The highest BCUT2D eigenvalue weighted by atomic mass is 32.2. The van der Waals surface area contributed by atoms with E-state index >= 15 is 0 Å². The number of aryl methyl sites for hydroxylation is 2. The van der Waals surface area contributed by atoms with Gasteiger partial charge < -0.3 is 5.73 Å². The van der Waals surface area contributed by atoms with Crippen LogP contribution in [0.25, 0.3) is 0 Å². The molecule has 1 atom stereocenters. The van der Waals surface area contributed by atoms with E-state index in [-0.39, 0.29) is 6.04 Å². The average Bonchev–Trinajstić information content (AvgIpc) is 2.29. The Hall–Kier alpha value is -0.910. The molecule has 17 heavy (non-hydrogen) atoms. The molecular formula is C12H20N2O2S. The highest BCUT2D eigenvalue weighted by Crippen LogP contribution is 2.17. The van der Waals surface area contributed by atoms with E-state index in [0.717, 1.165) is 11.1 Å². The molecule has 0 bridgehead atoms. The predicted octanol–water partition coefficient (Wildman–Crippen LogP) is 1.32. The van der Waals surface area contributed by atoms with Crippen molar-refractivity contribution in [2.75, 3.05) is 6.54 Å². The van der Waals surface area contributed by atoms with Gasteiger partial charge in [0, 0.05) is 12.6 Å². The van der Waals surface area contributed by atoms with Crippen LogP contribution in [0.4, 0.5) is 0 Å². The highest BCUT2D eigenvalue weighted by Gasteiger charge is 2.20. The molecule has 0 amide bonds. The lowest BCUT2D eigenvalue weighted by atomic mass is 10.2. The average molecular weight is 256 g/mol. The molecule has 96 valence electrons. The maximum Gasteiger partial charge on any atom is 0.241 e. The van der Waals surface area contributed by atoms with Gasteiger partial charge in [-0.2, -0.15) is 0 Å². The minimum absolute atomic E-state index is 0.208. The Bertz CT molecular complexity index is 479. The van der Waals surface area contributed by atoms with Gasteiger partial charge in [-0.1, -0.05) is 19.1 Å². The first-order chi connectivity index (χ1) is 7.90. The molecular weight excluding hydrogens is 236 g/mol. The summed E-state index contributed by atoms with van der Waals surface area (Å²) in [5, 5.41) is 0. The largest absolute Gasteiger partial charge is 0.329 e. The minimum Gasteiger partial charge on any atom is -0.329 e. The molecule has 0 spiro atoms. The Balaban J connectivity index is 3.09. The quantitative estimate of drug-likeness (QED) is 0.834. The highest BCUT2D eigenvalue weighted by molar-refractivity contribution is 7.89. The van der Waals surface area contributed by atoms with Crippen LogP contribution in [0, 0.1) is 13.8 Å². The molecule has 0 aromatic heterocycles. The molecule has 3 N–H and O–H groups in total. The monoisotopic (exact) mass is 256 g/mol. The summed E-state index contributed by atoms with van der Waals surface area (Å²) >= 11 is 0. The molecule has 1 unspecified atom stereocenters. The van der Waals surface area contributed by atoms with Gasteiger partial charge in [-0.25, -0.2) is 13.1 Å². The van der Waals surface area contributed by atoms with Crippen LogP contribution < -0.4 is 10.5 Å². The number of nitrogens with one attached hydrogen (secondary N) is 1. The Kier molecular flexibility index (Phi) is 4.68. The number of hydrogen-bond donors (Lipinski definition) is 2. The zero-order valence-corrected chi connectivity index (χ0v) is 11.3. The first kappa shape index (κ1) is 14.2. The summed E-state index contributed by atoms with van der Waals surface area (Å²) in [6.07, 6.45) is 0.681. The molecule has 0 saturated heterocycles. The van der Waals surface area contributed by atoms with Crippen LogP contribution in [-0.4, -0.2) is 21.0 Å². The summed E-state index contributed by atoms with van der Waals surface area (Å²) in [7, 11) is -3.47. The van der Waals surface area contributed by atoms with Crippen molar-refractivity contribution in [2.45, 2.75) is 38.1 Å². The van der Waals surface area contributed by atoms with Crippen molar-refractivity contribution in [3.8, 4) is 0 Å². The summed E-state index contributed by atoms with van der Waals surface area (Å²) in [5.41, 5.74) is 7.18. The lowest BCUT2D eigenvalue weighted by Crippen LogP contribution is -2.39. The SMILES string of the molecule is CCC(CN)NS(=O)(=O)c1cc(C)ccc1C. The summed E-state index contributed by atoms with van der Waals surface area (Å²) in [6, 6.07) is 5.18. The molecule has 1 rings (SSSR count). The van der Waals surface area contributed by atoms with E-state index < -0.39 is 10.0 Å². The first-order valence-corrected chi connectivity index (χ1v) is 7.18. The normalized spacial score (nSPS) is 13.6. The van der Waals surface area contributed by atoms with Gasteiger partial charge in [0.15, 0.2) is 0 Å². The molecule has 0 fully saturated rings. The van der Waals surface area contributed by atoms with Crippen molar-refractivity contribution in [2.24, 2.45) is 5.73 Å². The molecule has 1 aromatic rings. The first-order valence-electron chi connectivity index (χ1n) is 5.70. The van der Waals surface area contributed by atoms with Gasteiger partial charge in [0.25, 0.3) is 0 Å².